The van der Waals surface area contributed by atoms with Crippen molar-refractivity contribution in [2.24, 2.45) is 5.14 Å². The molecule has 0 fully saturated rings. The maximum absolute atomic E-state index is 11.2. The molecule has 8 heteroatoms. The Morgan fingerprint density at radius 1 is 1.40 bits per heavy atom. The summed E-state index contributed by atoms with van der Waals surface area (Å²) in [5.74, 6) is -1.23. The molecule has 20 heavy (non-hydrogen) atoms. The number of rotatable bonds is 7. The number of carboxylic acids is 1. The minimum Gasteiger partial charge on any atom is -0.493 e. The molecule has 0 radical (unpaired) electrons. The van der Waals surface area contributed by atoms with Crippen molar-refractivity contribution < 1.29 is 23.1 Å². The Kier molecular flexibility index (Phi) is 5.49. The van der Waals surface area contributed by atoms with Crippen LogP contribution >= 0.6 is 0 Å². The van der Waals surface area contributed by atoms with Gasteiger partial charge in [-0.05, 0) is 31.0 Å². The second-order valence-electron chi connectivity index (χ2n) is 3.97. The molecule has 1 rings (SSSR count). The normalized spacial score (nSPS) is 10.8. The number of benzene rings is 1. The predicted octanol–water partition coefficient (Wildman–Crippen LogP) is 1.10. The van der Waals surface area contributed by atoms with Crippen molar-refractivity contribution in [1.82, 2.24) is 0 Å². The highest BCUT2D eigenvalue weighted by Crippen LogP contribution is 2.22. The molecule has 7 nitrogen and oxygen atoms in total. The highest BCUT2D eigenvalue weighted by molar-refractivity contribution is 7.89. The number of primary sulfonamides is 1. The molecule has 1 aromatic carbocycles. The Hall–Kier alpha value is -2.11. The van der Waals surface area contributed by atoms with Crippen LogP contribution in [-0.4, -0.2) is 26.1 Å². The number of hydrogen-bond acceptors (Lipinski definition) is 5. The zero-order valence-electron chi connectivity index (χ0n) is 10.6. The number of carbonyl (C=O) groups is 1. The minimum absolute atomic E-state index is 0.0712. The van der Waals surface area contributed by atoms with Gasteiger partial charge in [0.15, 0.2) is 0 Å². The first-order valence-electron chi connectivity index (χ1n) is 5.76. The number of aromatic carboxylic acids is 1. The summed E-state index contributed by atoms with van der Waals surface area (Å²) in [6, 6.07) is 5.39. The van der Waals surface area contributed by atoms with Crippen LogP contribution in [0.5, 0.6) is 5.75 Å². The fourth-order valence-electron chi connectivity index (χ4n) is 1.47. The monoisotopic (exact) mass is 298 g/mol. The van der Waals surface area contributed by atoms with Gasteiger partial charge in [-0.25, -0.2) is 18.4 Å². The molecule has 3 N–H and O–H groups in total. The summed E-state index contributed by atoms with van der Waals surface area (Å²) in [7, 11) is -3.96. The van der Waals surface area contributed by atoms with Crippen LogP contribution < -0.4 is 9.88 Å². The first-order chi connectivity index (χ1) is 9.36. The van der Waals surface area contributed by atoms with E-state index in [1.807, 2.05) is 6.07 Å². The molecule has 0 unspecified atom stereocenters. The van der Waals surface area contributed by atoms with Gasteiger partial charge < -0.3 is 9.84 Å². The maximum Gasteiger partial charge on any atom is 0.339 e. The van der Waals surface area contributed by atoms with Gasteiger partial charge in [0.1, 0.15) is 11.3 Å². The van der Waals surface area contributed by atoms with Gasteiger partial charge in [0.05, 0.1) is 17.6 Å². The van der Waals surface area contributed by atoms with Crippen molar-refractivity contribution in [2.75, 3.05) is 6.61 Å². The topological polar surface area (TPSA) is 130 Å². The summed E-state index contributed by atoms with van der Waals surface area (Å²) < 4.78 is 27.6. The quantitative estimate of drug-likeness (QED) is 0.725. The minimum atomic E-state index is -3.96. The van der Waals surface area contributed by atoms with Crippen LogP contribution in [0, 0.1) is 11.3 Å². The zero-order valence-corrected chi connectivity index (χ0v) is 11.4. The Morgan fingerprint density at radius 2 is 2.10 bits per heavy atom. The maximum atomic E-state index is 11.2. The number of nitrogens with two attached hydrogens (primary N) is 1. The number of carboxylic acid groups (broad SMARTS) is 1. The van der Waals surface area contributed by atoms with Crippen molar-refractivity contribution in [3.8, 4) is 11.8 Å². The predicted molar refractivity (Wildman–Crippen MR) is 69.7 cm³/mol. The first kappa shape index (κ1) is 15.9. The van der Waals surface area contributed by atoms with Gasteiger partial charge in [-0.2, -0.15) is 5.26 Å². The Balaban J connectivity index is 2.87. The fourth-order valence-corrected chi connectivity index (χ4v) is 2.01. The lowest BCUT2D eigenvalue weighted by Crippen LogP contribution is -2.14. The van der Waals surface area contributed by atoms with Crippen molar-refractivity contribution in [3.63, 3.8) is 0 Å². The van der Waals surface area contributed by atoms with E-state index in [9.17, 15) is 13.2 Å². The lowest BCUT2D eigenvalue weighted by Gasteiger charge is -2.09. The molecule has 1 aromatic rings. The van der Waals surface area contributed by atoms with E-state index < -0.39 is 16.0 Å². The number of nitrogens with zero attached hydrogens (tertiary/aromatic N) is 1. The summed E-state index contributed by atoms with van der Waals surface area (Å²) in [6.07, 6.45) is 1.65. The smallest absolute Gasteiger partial charge is 0.339 e. The van der Waals surface area contributed by atoms with Gasteiger partial charge in [-0.3, -0.25) is 0 Å². The van der Waals surface area contributed by atoms with E-state index in [-0.39, 0.29) is 22.8 Å². The van der Waals surface area contributed by atoms with Crippen LogP contribution in [0.1, 0.15) is 29.6 Å². The molecule has 0 heterocycles. The van der Waals surface area contributed by atoms with Gasteiger partial charge in [0.25, 0.3) is 0 Å². The molecule has 0 amide bonds. The summed E-state index contributed by atoms with van der Waals surface area (Å²) >= 11 is 0. The molecule has 0 aliphatic rings. The molecule has 0 saturated heterocycles. The van der Waals surface area contributed by atoms with Crippen LogP contribution in [0.2, 0.25) is 0 Å². The van der Waals surface area contributed by atoms with Gasteiger partial charge in [0, 0.05) is 6.42 Å². The SMILES string of the molecule is N#CCCCCOc1ccc(S(N)(=O)=O)cc1C(=O)O. The van der Waals surface area contributed by atoms with Gasteiger partial charge >= 0.3 is 5.97 Å². The standard InChI is InChI=1S/C12H14N2O5S/c13-6-2-1-3-7-19-11-5-4-9(20(14,17)18)8-10(11)12(15)16/h4-5,8H,1-3,7H2,(H,15,16)(H2,14,17,18). The van der Waals surface area contributed by atoms with E-state index in [1.165, 1.54) is 12.1 Å². The van der Waals surface area contributed by atoms with Crippen LogP contribution in [-0.2, 0) is 10.0 Å². The lowest BCUT2D eigenvalue weighted by molar-refractivity contribution is 0.0692. The van der Waals surface area contributed by atoms with E-state index in [1.54, 1.807) is 0 Å². The third-order valence-electron chi connectivity index (χ3n) is 2.45. The summed E-state index contributed by atoms with van der Waals surface area (Å²) in [5, 5.41) is 22.3. The summed E-state index contributed by atoms with van der Waals surface area (Å²) in [4.78, 5) is 10.8. The van der Waals surface area contributed by atoms with E-state index in [4.69, 9.17) is 20.2 Å². The second-order valence-corrected chi connectivity index (χ2v) is 5.53. The van der Waals surface area contributed by atoms with Crippen LogP contribution in [0.15, 0.2) is 23.1 Å². The zero-order chi connectivity index (χ0) is 15.2. The number of nitriles is 1. The third-order valence-corrected chi connectivity index (χ3v) is 3.36. The summed E-state index contributed by atoms with van der Waals surface area (Å²) in [6.45, 7) is 0.247. The molecule has 108 valence electrons. The molecular formula is C12H14N2O5S. The van der Waals surface area contributed by atoms with E-state index in [0.29, 0.717) is 19.3 Å². The van der Waals surface area contributed by atoms with Gasteiger partial charge in [-0.1, -0.05) is 0 Å². The number of unbranched alkanes of at least 4 members (excludes halogenated alkanes) is 2. The van der Waals surface area contributed by atoms with Gasteiger partial charge in [-0.15, -0.1) is 0 Å². The molecule has 0 atom stereocenters. The third kappa shape index (κ3) is 4.53. The molecular weight excluding hydrogens is 284 g/mol. The second kappa shape index (κ2) is 6.88. The van der Waals surface area contributed by atoms with E-state index in [2.05, 4.69) is 0 Å². The van der Waals surface area contributed by atoms with Gasteiger partial charge in [0.2, 0.25) is 10.0 Å². The number of sulfonamides is 1. The molecule has 0 aliphatic carbocycles. The van der Waals surface area contributed by atoms with Crippen LogP contribution in [0.25, 0.3) is 0 Å². The lowest BCUT2D eigenvalue weighted by atomic mass is 10.2. The van der Waals surface area contributed by atoms with Crippen molar-refractivity contribution >= 4 is 16.0 Å². The van der Waals surface area contributed by atoms with Crippen molar-refractivity contribution in [3.05, 3.63) is 23.8 Å². The Morgan fingerprint density at radius 3 is 2.65 bits per heavy atom. The number of ether oxygens (including phenoxy) is 1. The Bertz CT molecular complexity index is 634. The largest absolute Gasteiger partial charge is 0.493 e. The molecule has 0 saturated carbocycles. The van der Waals surface area contributed by atoms with E-state index >= 15 is 0 Å². The average molecular weight is 298 g/mol. The highest BCUT2D eigenvalue weighted by atomic mass is 32.2. The molecule has 0 aromatic heterocycles. The fraction of sp³-hybridized carbons (Fsp3) is 0.333. The average Bonchev–Trinajstić information content (AvgIpc) is 2.37. The molecule has 0 bridgehead atoms. The van der Waals surface area contributed by atoms with E-state index in [0.717, 1.165) is 6.07 Å². The highest BCUT2D eigenvalue weighted by Gasteiger charge is 2.16. The van der Waals surface area contributed by atoms with Crippen molar-refractivity contribution in [2.45, 2.75) is 24.2 Å². The molecule has 0 spiro atoms. The molecule has 0 aliphatic heterocycles. The summed E-state index contributed by atoms with van der Waals surface area (Å²) in [5.41, 5.74) is -0.267. The van der Waals surface area contributed by atoms with Crippen LogP contribution in [0.3, 0.4) is 0 Å². The van der Waals surface area contributed by atoms with Crippen molar-refractivity contribution in [1.29, 1.82) is 5.26 Å². The first-order valence-corrected chi connectivity index (χ1v) is 7.31. The van der Waals surface area contributed by atoms with Crippen LogP contribution in [0.4, 0.5) is 0 Å². The number of hydrogen-bond donors (Lipinski definition) is 2. The Labute approximate surface area is 116 Å².